The van der Waals surface area contributed by atoms with E-state index in [1.165, 1.54) is 6.39 Å². The second kappa shape index (κ2) is 5.21. The first-order chi connectivity index (χ1) is 6.68. The van der Waals surface area contributed by atoms with E-state index in [4.69, 9.17) is 0 Å². The molecular weight excluding hydrogens is 184 g/mol. The van der Waals surface area contributed by atoms with Gasteiger partial charge in [-0.1, -0.05) is 5.16 Å². The fourth-order valence-corrected chi connectivity index (χ4v) is 0.904. The Morgan fingerprint density at radius 2 is 2.43 bits per heavy atom. The first kappa shape index (κ1) is 10.5. The highest BCUT2D eigenvalue weighted by Crippen LogP contribution is 1.87. The average molecular weight is 198 g/mol. The van der Waals surface area contributed by atoms with E-state index in [0.717, 1.165) is 0 Å². The van der Waals surface area contributed by atoms with Crippen LogP contribution < -0.4 is 10.6 Å². The second-order valence-electron chi connectivity index (χ2n) is 3.15. The Morgan fingerprint density at radius 3 is 3.00 bits per heavy atom. The van der Waals surface area contributed by atoms with Crippen molar-refractivity contribution in [2.24, 2.45) is 0 Å². The van der Waals surface area contributed by atoms with E-state index in [1.54, 1.807) is 0 Å². The summed E-state index contributed by atoms with van der Waals surface area (Å²) < 4.78 is 4.55. The Hall–Kier alpha value is -1.59. The molecule has 14 heavy (non-hydrogen) atoms. The van der Waals surface area contributed by atoms with Gasteiger partial charge in [-0.25, -0.2) is 4.79 Å². The highest BCUT2D eigenvalue weighted by molar-refractivity contribution is 5.74. The maximum absolute atomic E-state index is 11.1. The van der Waals surface area contributed by atoms with Gasteiger partial charge in [-0.05, 0) is 13.8 Å². The minimum absolute atomic E-state index is 0.139. The van der Waals surface area contributed by atoms with Gasteiger partial charge < -0.3 is 15.2 Å². The van der Waals surface area contributed by atoms with E-state index in [0.29, 0.717) is 18.8 Å². The first-order valence-corrected chi connectivity index (χ1v) is 4.48. The van der Waals surface area contributed by atoms with Crippen LogP contribution in [0.3, 0.4) is 0 Å². The third-order valence-electron chi connectivity index (χ3n) is 1.46. The highest BCUT2D eigenvalue weighted by Gasteiger charge is 2.02. The number of urea groups is 1. The van der Waals surface area contributed by atoms with E-state index in [1.807, 2.05) is 13.8 Å². The lowest BCUT2D eigenvalue weighted by Crippen LogP contribution is -2.40. The van der Waals surface area contributed by atoms with E-state index >= 15 is 0 Å². The zero-order valence-corrected chi connectivity index (χ0v) is 8.28. The Morgan fingerprint density at radius 1 is 1.64 bits per heavy atom. The van der Waals surface area contributed by atoms with Crippen molar-refractivity contribution < 1.29 is 9.32 Å². The Balaban J connectivity index is 2.12. The van der Waals surface area contributed by atoms with Crippen molar-refractivity contribution >= 4 is 6.03 Å². The summed E-state index contributed by atoms with van der Waals surface area (Å²) in [5, 5.41) is 9.01. The van der Waals surface area contributed by atoms with Crippen LogP contribution in [-0.2, 0) is 6.42 Å². The maximum atomic E-state index is 11.1. The fourth-order valence-electron chi connectivity index (χ4n) is 0.904. The summed E-state index contributed by atoms with van der Waals surface area (Å²) in [6.07, 6.45) is 1.84. The van der Waals surface area contributed by atoms with Crippen LogP contribution in [-0.4, -0.2) is 28.8 Å². The molecule has 1 heterocycles. The first-order valence-electron chi connectivity index (χ1n) is 4.48. The van der Waals surface area contributed by atoms with Crippen molar-refractivity contribution in [1.82, 2.24) is 20.8 Å². The summed E-state index contributed by atoms with van der Waals surface area (Å²) in [5.74, 6) is 0.592. The van der Waals surface area contributed by atoms with E-state index in [-0.39, 0.29) is 12.1 Å². The lowest BCUT2D eigenvalue weighted by atomic mass is 10.4. The number of nitrogens with zero attached hydrogens (tertiary/aromatic N) is 2. The number of carbonyl (C=O) groups is 1. The molecule has 0 unspecified atom stereocenters. The van der Waals surface area contributed by atoms with Crippen LogP contribution in [0.25, 0.3) is 0 Å². The van der Waals surface area contributed by atoms with Gasteiger partial charge in [0.2, 0.25) is 6.39 Å². The molecule has 0 spiro atoms. The van der Waals surface area contributed by atoms with Gasteiger partial charge in [0.15, 0.2) is 5.82 Å². The van der Waals surface area contributed by atoms with Crippen LogP contribution in [0.4, 0.5) is 4.79 Å². The molecule has 0 bridgehead atoms. The van der Waals surface area contributed by atoms with E-state index < -0.39 is 0 Å². The summed E-state index contributed by atoms with van der Waals surface area (Å²) in [6, 6.07) is -0.0383. The zero-order chi connectivity index (χ0) is 10.4. The summed E-state index contributed by atoms with van der Waals surface area (Å²) in [6.45, 7) is 4.30. The van der Waals surface area contributed by atoms with Crippen LogP contribution in [0.5, 0.6) is 0 Å². The van der Waals surface area contributed by atoms with Gasteiger partial charge in [-0.2, -0.15) is 4.98 Å². The summed E-state index contributed by atoms with van der Waals surface area (Å²) in [7, 11) is 0. The molecule has 78 valence electrons. The molecule has 0 atom stereocenters. The van der Waals surface area contributed by atoms with Gasteiger partial charge in [0, 0.05) is 19.0 Å². The Labute approximate surface area is 82.1 Å². The van der Waals surface area contributed by atoms with Gasteiger partial charge in [0.1, 0.15) is 0 Å². The van der Waals surface area contributed by atoms with Crippen molar-refractivity contribution in [1.29, 1.82) is 0 Å². The van der Waals surface area contributed by atoms with Crippen molar-refractivity contribution in [3.63, 3.8) is 0 Å². The topological polar surface area (TPSA) is 80.0 Å². The number of aromatic nitrogens is 2. The molecule has 0 aliphatic heterocycles. The average Bonchev–Trinajstić information content (AvgIpc) is 2.55. The minimum Gasteiger partial charge on any atom is -0.343 e. The monoisotopic (exact) mass is 198 g/mol. The van der Waals surface area contributed by atoms with Crippen LogP contribution in [0.2, 0.25) is 0 Å². The van der Waals surface area contributed by atoms with Gasteiger partial charge in [0.25, 0.3) is 0 Å². The molecule has 0 saturated heterocycles. The lowest BCUT2D eigenvalue weighted by molar-refractivity contribution is 0.238. The van der Waals surface area contributed by atoms with Crippen molar-refractivity contribution in [2.45, 2.75) is 26.3 Å². The highest BCUT2D eigenvalue weighted by atomic mass is 16.5. The molecule has 0 saturated carbocycles. The molecule has 1 aromatic rings. The Bertz CT molecular complexity index is 271. The fraction of sp³-hybridized carbons (Fsp3) is 0.625. The standard InChI is InChI=1S/C8H14N4O2/c1-6(2)11-8(13)9-4-3-7-10-5-14-12-7/h5-6H,3-4H2,1-2H3,(H2,9,11,13). The smallest absolute Gasteiger partial charge is 0.314 e. The normalized spacial score (nSPS) is 10.2. The van der Waals surface area contributed by atoms with Gasteiger partial charge in [0.05, 0.1) is 0 Å². The van der Waals surface area contributed by atoms with Crippen LogP contribution in [0.1, 0.15) is 19.7 Å². The summed E-state index contributed by atoms with van der Waals surface area (Å²) in [5.41, 5.74) is 0. The number of nitrogens with one attached hydrogen (secondary N) is 2. The van der Waals surface area contributed by atoms with Crippen LogP contribution in [0, 0.1) is 0 Å². The number of carbonyl (C=O) groups excluding carboxylic acids is 1. The van der Waals surface area contributed by atoms with Gasteiger partial charge in [-0.3, -0.25) is 0 Å². The van der Waals surface area contributed by atoms with Gasteiger partial charge >= 0.3 is 6.03 Å². The molecule has 2 amide bonds. The third kappa shape index (κ3) is 3.88. The molecule has 0 fully saturated rings. The number of hydrogen-bond donors (Lipinski definition) is 2. The lowest BCUT2D eigenvalue weighted by Gasteiger charge is -2.08. The van der Waals surface area contributed by atoms with Crippen LogP contribution in [0.15, 0.2) is 10.9 Å². The molecule has 0 radical (unpaired) electrons. The van der Waals surface area contributed by atoms with Crippen molar-refractivity contribution in [3.05, 3.63) is 12.2 Å². The molecule has 6 nitrogen and oxygen atoms in total. The summed E-state index contributed by atoms with van der Waals surface area (Å²) >= 11 is 0. The maximum Gasteiger partial charge on any atom is 0.314 e. The largest absolute Gasteiger partial charge is 0.343 e. The minimum atomic E-state index is -0.177. The van der Waals surface area contributed by atoms with E-state index in [9.17, 15) is 4.79 Å². The third-order valence-corrected chi connectivity index (χ3v) is 1.46. The van der Waals surface area contributed by atoms with Crippen molar-refractivity contribution in [3.8, 4) is 0 Å². The number of hydrogen-bond acceptors (Lipinski definition) is 4. The quantitative estimate of drug-likeness (QED) is 0.730. The molecular formula is C8H14N4O2. The van der Waals surface area contributed by atoms with Gasteiger partial charge in [-0.15, -0.1) is 0 Å². The molecule has 0 aliphatic rings. The predicted octanol–water partition coefficient (Wildman–Crippen LogP) is 0.320. The molecule has 1 rings (SSSR count). The van der Waals surface area contributed by atoms with Crippen LogP contribution >= 0.6 is 0 Å². The second-order valence-corrected chi connectivity index (χ2v) is 3.15. The molecule has 0 aliphatic carbocycles. The summed E-state index contributed by atoms with van der Waals surface area (Å²) in [4.78, 5) is 14.9. The zero-order valence-electron chi connectivity index (χ0n) is 8.28. The SMILES string of the molecule is CC(C)NC(=O)NCCc1ncon1. The Kier molecular flexibility index (Phi) is 3.90. The van der Waals surface area contributed by atoms with Crippen molar-refractivity contribution in [2.75, 3.05) is 6.54 Å². The van der Waals surface area contributed by atoms with E-state index in [2.05, 4.69) is 25.3 Å². The predicted molar refractivity (Wildman–Crippen MR) is 49.7 cm³/mol. The molecule has 1 aromatic heterocycles. The molecule has 2 N–H and O–H groups in total. The molecule has 6 heteroatoms. The molecule has 0 aromatic carbocycles. The number of amides is 2. The number of rotatable bonds is 4.